The number of aromatic nitrogens is 2. The van der Waals surface area contributed by atoms with Crippen LogP contribution in [0.2, 0.25) is 0 Å². The third-order valence-electron chi connectivity index (χ3n) is 4.79. The van der Waals surface area contributed by atoms with Crippen LogP contribution in [0.4, 0.5) is 0 Å². The van der Waals surface area contributed by atoms with Gasteiger partial charge in [-0.05, 0) is 49.6 Å². The molecule has 2 N–H and O–H groups in total. The van der Waals surface area contributed by atoms with Crippen molar-refractivity contribution in [3.8, 4) is 11.5 Å². The molecule has 172 valence electrons. The normalized spacial score (nSPS) is 15.0. The number of fused-ring (bicyclic) bond motifs is 1. The Hall–Kier alpha value is -2.79. The first-order valence-corrected chi connectivity index (χ1v) is 10.2. The van der Waals surface area contributed by atoms with Gasteiger partial charge in [-0.2, -0.15) is 5.10 Å². The molecule has 0 aliphatic carbocycles. The van der Waals surface area contributed by atoms with E-state index in [2.05, 4.69) is 25.0 Å². The van der Waals surface area contributed by atoms with Crippen LogP contribution >= 0.6 is 0 Å². The van der Waals surface area contributed by atoms with E-state index >= 15 is 0 Å². The number of phenols is 1. The summed E-state index contributed by atoms with van der Waals surface area (Å²) in [6, 6.07) is 7.00. The van der Waals surface area contributed by atoms with Gasteiger partial charge in [-0.3, -0.25) is 4.79 Å². The van der Waals surface area contributed by atoms with Crippen LogP contribution in [-0.2, 0) is 11.2 Å². The summed E-state index contributed by atoms with van der Waals surface area (Å²) in [5.41, 5.74) is 2.97. The number of aryl methyl sites for hydroxylation is 1. The van der Waals surface area contributed by atoms with E-state index in [0.717, 1.165) is 36.2 Å². The van der Waals surface area contributed by atoms with Crippen LogP contribution in [0, 0.1) is 13.8 Å². The first-order valence-electron chi connectivity index (χ1n) is 10.2. The number of phenolic OH excluding ortho intramolecular Hbond substituents is 1. The van der Waals surface area contributed by atoms with Gasteiger partial charge in [-0.25, -0.2) is 11.0 Å². The van der Waals surface area contributed by atoms with Crippen LogP contribution in [0.1, 0.15) is 34.6 Å². The van der Waals surface area contributed by atoms with Crippen LogP contribution in [-0.4, -0.2) is 63.9 Å². The molecule has 0 spiro atoms. The molecule has 9 heteroatoms. The molecular weight excluding hydrogens is 417 g/mol. The van der Waals surface area contributed by atoms with Gasteiger partial charge in [0.05, 0.1) is 12.8 Å². The number of carbonyl (C=O) groups is 1. The molecule has 3 rings (SSSR count). The molecule has 1 aliphatic rings. The molecule has 33 heavy (non-hydrogen) atoms. The number of allylic oxidation sites excluding steroid dienone is 3. The van der Waals surface area contributed by atoms with Gasteiger partial charge in [-0.15, -0.1) is 13.1 Å². The van der Waals surface area contributed by atoms with Crippen molar-refractivity contribution in [3.63, 3.8) is 0 Å². The van der Waals surface area contributed by atoms with E-state index in [4.69, 9.17) is 14.6 Å². The molecule has 1 aromatic heterocycles. The van der Waals surface area contributed by atoms with Gasteiger partial charge in [0.1, 0.15) is 0 Å². The summed E-state index contributed by atoms with van der Waals surface area (Å²) < 4.78 is 7.05. The molecule has 2 aromatic rings. The Bertz CT molecular complexity index is 980. The van der Waals surface area contributed by atoms with Crippen LogP contribution in [0.5, 0.6) is 11.5 Å². The smallest absolute Gasteiger partial charge is 0.540 e. The zero-order chi connectivity index (χ0) is 23.5. The van der Waals surface area contributed by atoms with Gasteiger partial charge in [0.25, 0.3) is 5.91 Å². The fourth-order valence-electron chi connectivity index (χ4n) is 3.17. The second-order valence-electron chi connectivity index (χ2n) is 6.79. The minimum atomic E-state index is -0.486. The summed E-state index contributed by atoms with van der Waals surface area (Å²) >= 11 is 0. The van der Waals surface area contributed by atoms with Crippen molar-refractivity contribution in [2.75, 3.05) is 26.8 Å². The second-order valence-corrected chi connectivity index (χ2v) is 6.79. The van der Waals surface area contributed by atoms with E-state index in [-0.39, 0.29) is 30.5 Å². The van der Waals surface area contributed by atoms with Crippen molar-refractivity contribution in [1.82, 2.24) is 14.7 Å². The maximum absolute atomic E-state index is 12.7. The number of methoxy groups -OCH3 is 1. The van der Waals surface area contributed by atoms with Crippen LogP contribution in [0.3, 0.4) is 0 Å². The number of benzene rings is 1. The molecule has 1 aliphatic heterocycles. The first-order chi connectivity index (χ1) is 15.5. The van der Waals surface area contributed by atoms with E-state index in [1.807, 2.05) is 18.2 Å². The molecule has 0 radical (unpaired) electrons. The van der Waals surface area contributed by atoms with Crippen molar-refractivity contribution in [1.29, 1.82) is 0 Å². The molecule has 2 heterocycles. The van der Waals surface area contributed by atoms with E-state index in [0.29, 0.717) is 24.5 Å². The Labute approximate surface area is 206 Å². The topological polar surface area (TPSA) is 105 Å². The summed E-state index contributed by atoms with van der Waals surface area (Å²) in [5, 5.41) is 22.0. The summed E-state index contributed by atoms with van der Waals surface area (Å²) in [7, 11) is 1.51. The zero-order valence-electron chi connectivity index (χ0n) is 19.2. The number of rotatable bonds is 6. The van der Waals surface area contributed by atoms with Gasteiger partial charge in [-0.1, -0.05) is 18.8 Å². The van der Waals surface area contributed by atoms with E-state index < -0.39 is 6.61 Å². The maximum Gasteiger partial charge on any atom is 1.00 e. The molecule has 0 saturated heterocycles. The van der Waals surface area contributed by atoms with E-state index in [9.17, 15) is 9.90 Å². The number of amides is 1. The number of aromatic hydroxyl groups is 1. The number of hydrogen-bond acceptors (Lipinski definition) is 6. The Balaban J connectivity index is 0.00000101. The molecule has 0 bridgehead atoms. The molecular formula is C24H28LiN3O5-2. The van der Waals surface area contributed by atoms with Crippen molar-refractivity contribution >= 4 is 17.9 Å². The summed E-state index contributed by atoms with van der Waals surface area (Å²) in [6.45, 7) is 7.77. The molecule has 0 fully saturated rings. The summed E-state index contributed by atoms with van der Waals surface area (Å²) in [5.74, 6) is 0.274. The van der Waals surface area contributed by atoms with Crippen molar-refractivity contribution in [3.05, 3.63) is 73.3 Å². The van der Waals surface area contributed by atoms with Gasteiger partial charge >= 0.3 is 18.9 Å². The average molecular weight is 445 g/mol. The fraction of sp³-hybridized carbons (Fsp3) is 0.292. The van der Waals surface area contributed by atoms with Gasteiger partial charge in [0, 0.05) is 11.3 Å². The Morgan fingerprint density at radius 2 is 2.00 bits per heavy atom. The predicted molar refractivity (Wildman–Crippen MR) is 122 cm³/mol. The third kappa shape index (κ3) is 7.36. The number of ether oxygens (including phenoxy) is 1. The molecule has 0 atom stereocenters. The Morgan fingerprint density at radius 1 is 1.30 bits per heavy atom. The van der Waals surface area contributed by atoms with Crippen molar-refractivity contribution in [2.24, 2.45) is 0 Å². The van der Waals surface area contributed by atoms with Crippen molar-refractivity contribution in [2.45, 2.75) is 19.3 Å². The van der Waals surface area contributed by atoms with Crippen molar-refractivity contribution < 1.29 is 43.4 Å². The second kappa shape index (κ2) is 14.4. The molecule has 1 amide bonds. The molecule has 0 saturated carbocycles. The number of aliphatic hydroxyl groups excluding tert-OH is 1. The minimum absolute atomic E-state index is 0. The standard InChI is InChI=1S/C22H25N3O3.C2H3O2.Li/c1-4-24(5-2)22(27)18-15-17-10-8-6-7-9-11-19(25(17)23-18)16-12-13-20(26)21(14-16)28-3;3-1-2-4;/h7,9,11-15,26H,1-2,4-6,8,10H2,3H3;3H,1H2;/q-2;-1;+1/b9-7-,19-11-;;. The average Bonchev–Trinajstić information content (AvgIpc) is 3.26. The Kier molecular flexibility index (Phi) is 12.3. The Morgan fingerprint density at radius 3 is 2.61 bits per heavy atom. The quantitative estimate of drug-likeness (QED) is 0.463. The minimum Gasteiger partial charge on any atom is -0.540 e. The SMILES string of the molecule is O=[C-]CO.[CH2-]CN(C[CH2-])C(=O)c1cc2n(n1)/C(c1ccc(O)c(OC)c1)=C\C=C/CCC2.[Li+]. The van der Waals surface area contributed by atoms with E-state index in [1.165, 1.54) is 13.4 Å². The van der Waals surface area contributed by atoms with Gasteiger partial charge in [0.2, 0.25) is 0 Å². The first kappa shape index (κ1) is 28.2. The summed E-state index contributed by atoms with van der Waals surface area (Å²) in [6.07, 6.45) is 10.0. The molecule has 1 aromatic carbocycles. The third-order valence-corrected chi connectivity index (χ3v) is 4.79. The van der Waals surface area contributed by atoms with Gasteiger partial charge < -0.3 is 38.5 Å². The van der Waals surface area contributed by atoms with Crippen LogP contribution in [0.15, 0.2) is 42.5 Å². The number of aliphatic hydroxyl groups is 1. The number of nitrogens with zero attached hydrogens (tertiary/aromatic N) is 3. The van der Waals surface area contributed by atoms with Crippen LogP contribution < -0.4 is 23.6 Å². The van der Waals surface area contributed by atoms with Gasteiger partial charge in [0.15, 0.2) is 17.2 Å². The zero-order valence-corrected chi connectivity index (χ0v) is 19.2. The molecule has 8 nitrogen and oxygen atoms in total. The van der Waals surface area contributed by atoms with E-state index in [1.54, 1.807) is 27.8 Å². The predicted octanol–water partition coefficient (Wildman–Crippen LogP) is -0.418. The number of carbonyl (C=O) groups excluding carboxylic acids is 2. The monoisotopic (exact) mass is 445 g/mol. The van der Waals surface area contributed by atoms with Crippen LogP contribution in [0.25, 0.3) is 5.70 Å². The number of hydrogen-bond donors (Lipinski definition) is 2. The molecule has 0 unspecified atom stereocenters. The fourth-order valence-corrected chi connectivity index (χ4v) is 3.17. The summed E-state index contributed by atoms with van der Waals surface area (Å²) in [4.78, 5) is 23.1. The maximum atomic E-state index is 12.7. The largest absolute Gasteiger partial charge is 1.00 e.